The smallest absolute Gasteiger partial charge is 0.383 e. The van der Waals surface area contributed by atoms with Gasteiger partial charge in [0.1, 0.15) is 0 Å². The van der Waals surface area contributed by atoms with E-state index in [9.17, 15) is 31.1 Å². The summed E-state index contributed by atoms with van der Waals surface area (Å²) in [6.45, 7) is 0. The van der Waals surface area contributed by atoms with Crippen molar-refractivity contribution in [2.75, 3.05) is 0 Å². The molecule has 1 aliphatic carbocycles. The van der Waals surface area contributed by atoms with E-state index in [4.69, 9.17) is 0 Å². The lowest BCUT2D eigenvalue weighted by Gasteiger charge is -2.24. The molecule has 0 heterocycles. The number of rotatable bonds is 0. The van der Waals surface area contributed by atoms with Crippen LogP contribution in [0.5, 0.6) is 0 Å². The van der Waals surface area contributed by atoms with Gasteiger partial charge in [-0.25, -0.2) is 0 Å². The van der Waals surface area contributed by atoms with Gasteiger partial charge < -0.3 is 5.48 Å². The maximum absolute atomic E-state index is 12.5. The van der Waals surface area contributed by atoms with Crippen LogP contribution in [-0.4, -0.2) is 33.4 Å². The number of alkyl halides is 8. The van der Waals surface area contributed by atoms with Gasteiger partial charge in [0.25, 0.3) is 10.1 Å². The molecule has 0 aromatic heterocycles. The van der Waals surface area contributed by atoms with Crippen LogP contribution in [0.3, 0.4) is 0 Å². The third kappa shape index (κ3) is 1.27. The highest BCUT2D eigenvalue weighted by Gasteiger charge is 2.91. The minimum Gasteiger partial charge on any atom is -0.412 e. The van der Waals surface area contributed by atoms with Crippen LogP contribution in [0.15, 0.2) is 0 Å². The summed E-state index contributed by atoms with van der Waals surface area (Å²) in [4.78, 5) is 10.4. The maximum atomic E-state index is 12.5. The van der Waals surface area contributed by atoms with Crippen molar-refractivity contribution in [3.05, 3.63) is 0 Å². The molecule has 2 nitrogen and oxygen atoms in total. The first-order chi connectivity index (χ1) is 5.90. The summed E-state index contributed by atoms with van der Waals surface area (Å²) in [5.74, 6) is -19.9. The average Bonchev–Trinajstić information content (AvgIpc) is 2.05. The Morgan fingerprint density at radius 1 is 0.867 bits per heavy atom. The molecular weight excluding hydrogens is 277 g/mol. The monoisotopic (exact) mass is 278 g/mol. The van der Waals surface area contributed by atoms with Gasteiger partial charge in [-0.2, -0.15) is 26.3 Å². The topological polar surface area (TPSA) is 48.6 Å². The summed E-state index contributed by atoms with van der Waals surface area (Å²) in [5, 5.41) is 0. The standard InChI is InChI=1S/C5Cl2F6O.H2O/c6-2(7)1(14)3(8,9)5(12,13)4(2,10)11;/h;1H2. The molecule has 1 aliphatic rings. The quantitative estimate of drug-likeness (QED) is 0.493. The molecule has 0 spiro atoms. The van der Waals surface area contributed by atoms with Crippen LogP contribution in [0.4, 0.5) is 26.3 Å². The van der Waals surface area contributed by atoms with Gasteiger partial charge in [0.05, 0.1) is 0 Å². The van der Waals surface area contributed by atoms with Crippen LogP contribution in [0.1, 0.15) is 0 Å². The number of hydrogen-bond acceptors (Lipinski definition) is 1. The molecule has 0 bridgehead atoms. The van der Waals surface area contributed by atoms with Crippen LogP contribution >= 0.6 is 23.2 Å². The molecule has 1 rings (SSSR count). The highest BCUT2D eigenvalue weighted by Crippen LogP contribution is 2.62. The third-order valence-corrected chi connectivity index (χ3v) is 2.57. The zero-order valence-electron chi connectivity index (χ0n) is 6.43. The van der Waals surface area contributed by atoms with E-state index < -0.39 is 27.9 Å². The van der Waals surface area contributed by atoms with Crippen molar-refractivity contribution in [2.45, 2.75) is 22.1 Å². The predicted octanol–water partition coefficient (Wildman–Crippen LogP) is 1.82. The lowest BCUT2D eigenvalue weighted by Crippen LogP contribution is -2.50. The van der Waals surface area contributed by atoms with E-state index in [1.54, 1.807) is 0 Å². The number of hydrogen-bond donors (Lipinski definition) is 0. The van der Waals surface area contributed by atoms with E-state index in [1.807, 2.05) is 0 Å². The minimum absolute atomic E-state index is 0. The summed E-state index contributed by atoms with van der Waals surface area (Å²) in [6.07, 6.45) is 0. The second-order valence-electron chi connectivity index (χ2n) is 2.63. The zero-order chi connectivity index (χ0) is 11.6. The number of Topliss-reactive ketones (excluding diaryl/α,β-unsaturated/α-hetero) is 1. The summed E-state index contributed by atoms with van der Waals surface area (Å²) in [5.41, 5.74) is 0. The number of ketones is 1. The van der Waals surface area contributed by atoms with Gasteiger partial charge in [-0.05, 0) is 0 Å². The van der Waals surface area contributed by atoms with Crippen molar-refractivity contribution in [3.8, 4) is 0 Å². The van der Waals surface area contributed by atoms with Crippen LogP contribution in [-0.2, 0) is 4.79 Å². The Labute approximate surface area is 88.4 Å². The summed E-state index contributed by atoms with van der Waals surface area (Å²) in [7, 11) is 0. The largest absolute Gasteiger partial charge is 0.412 e. The Hall–Kier alpha value is -0.210. The minimum atomic E-state index is -5.89. The molecule has 0 aromatic rings. The Morgan fingerprint density at radius 3 is 1.27 bits per heavy atom. The summed E-state index contributed by atoms with van der Waals surface area (Å²) < 4.78 is 70.4. The van der Waals surface area contributed by atoms with E-state index >= 15 is 0 Å². The Kier molecular flexibility index (Phi) is 3.10. The SMILES string of the molecule is O.O=C1C(F)(F)C(F)(F)C(F)(F)C1(Cl)Cl. The van der Waals surface area contributed by atoms with Crippen molar-refractivity contribution < 1.29 is 36.6 Å². The van der Waals surface area contributed by atoms with Gasteiger partial charge in [-0.15, -0.1) is 0 Å². The number of carbonyl (C=O) groups is 1. The van der Waals surface area contributed by atoms with Gasteiger partial charge in [-0.1, -0.05) is 23.2 Å². The van der Waals surface area contributed by atoms with Gasteiger partial charge >= 0.3 is 17.8 Å². The van der Waals surface area contributed by atoms with Crippen LogP contribution < -0.4 is 0 Å². The summed E-state index contributed by atoms with van der Waals surface area (Å²) in [6, 6.07) is 0. The van der Waals surface area contributed by atoms with E-state index in [1.165, 1.54) is 0 Å². The van der Waals surface area contributed by atoms with E-state index in [-0.39, 0.29) is 5.48 Å². The van der Waals surface area contributed by atoms with Crippen LogP contribution in [0.2, 0.25) is 0 Å². The molecule has 1 saturated carbocycles. The Bertz CT molecular complexity index is 274. The molecular formula is C5H2Cl2F6O2. The number of halogens is 8. The highest BCUT2D eigenvalue weighted by atomic mass is 35.5. The van der Waals surface area contributed by atoms with E-state index in [0.29, 0.717) is 0 Å². The van der Waals surface area contributed by atoms with Gasteiger partial charge in [0.2, 0.25) is 0 Å². The van der Waals surface area contributed by atoms with Crippen molar-refractivity contribution in [2.24, 2.45) is 0 Å². The lowest BCUT2D eigenvalue weighted by atomic mass is 10.2. The molecule has 0 amide bonds. The average molecular weight is 279 g/mol. The van der Waals surface area contributed by atoms with Gasteiger partial charge in [0.15, 0.2) is 0 Å². The molecule has 10 heteroatoms. The first-order valence-electron chi connectivity index (χ1n) is 2.97. The highest BCUT2D eigenvalue weighted by molar-refractivity contribution is 6.60. The Balaban J connectivity index is 0.00000196. The second-order valence-corrected chi connectivity index (χ2v) is 3.95. The molecule has 0 unspecified atom stereocenters. The molecule has 1 fully saturated rings. The normalized spacial score (nSPS) is 29.7. The molecule has 90 valence electrons. The van der Waals surface area contributed by atoms with Gasteiger partial charge in [0, 0.05) is 0 Å². The molecule has 0 aliphatic heterocycles. The lowest BCUT2D eigenvalue weighted by molar-refractivity contribution is -0.267. The first kappa shape index (κ1) is 14.8. The zero-order valence-corrected chi connectivity index (χ0v) is 7.94. The van der Waals surface area contributed by atoms with Crippen molar-refractivity contribution in [1.82, 2.24) is 0 Å². The Morgan fingerprint density at radius 2 is 1.20 bits per heavy atom. The molecule has 2 N–H and O–H groups in total. The second kappa shape index (κ2) is 3.14. The third-order valence-electron chi connectivity index (χ3n) is 1.75. The van der Waals surface area contributed by atoms with Crippen LogP contribution in [0.25, 0.3) is 0 Å². The fourth-order valence-corrected chi connectivity index (χ4v) is 1.35. The molecule has 0 aromatic carbocycles. The summed E-state index contributed by atoms with van der Waals surface area (Å²) >= 11 is 8.97. The fraction of sp³-hybridized carbons (Fsp3) is 0.800. The van der Waals surface area contributed by atoms with Crippen molar-refractivity contribution >= 4 is 29.0 Å². The predicted molar refractivity (Wildman–Crippen MR) is 37.9 cm³/mol. The van der Waals surface area contributed by atoms with Crippen molar-refractivity contribution in [3.63, 3.8) is 0 Å². The number of carbonyl (C=O) groups excluding carboxylic acids is 1. The fourth-order valence-electron chi connectivity index (χ4n) is 0.877. The van der Waals surface area contributed by atoms with E-state index in [2.05, 4.69) is 23.2 Å². The molecule has 0 atom stereocenters. The molecule has 0 saturated heterocycles. The van der Waals surface area contributed by atoms with Gasteiger partial charge in [-0.3, -0.25) is 4.79 Å². The molecule has 0 radical (unpaired) electrons. The maximum Gasteiger partial charge on any atom is 0.383 e. The van der Waals surface area contributed by atoms with Crippen molar-refractivity contribution in [1.29, 1.82) is 0 Å². The molecule has 15 heavy (non-hydrogen) atoms. The van der Waals surface area contributed by atoms with E-state index in [0.717, 1.165) is 0 Å². The first-order valence-corrected chi connectivity index (χ1v) is 3.72. The van der Waals surface area contributed by atoms with Crippen LogP contribution in [0, 0.1) is 0 Å².